The Labute approximate surface area is 229 Å². The molecule has 0 fully saturated rings. The summed E-state index contributed by atoms with van der Waals surface area (Å²) in [6.07, 6.45) is 3.14. The molecule has 0 saturated heterocycles. The first kappa shape index (κ1) is 27.7. The first-order valence-electron chi connectivity index (χ1n) is 11.8. The third kappa shape index (κ3) is 8.36. The molecule has 0 atom stereocenters. The van der Waals surface area contributed by atoms with Crippen molar-refractivity contribution in [3.8, 4) is 17.6 Å². The van der Waals surface area contributed by atoms with Crippen LogP contribution in [0.3, 0.4) is 0 Å². The minimum absolute atomic E-state index is 0.00477. The molecule has 0 bridgehead atoms. The maximum atomic E-state index is 12.6. The molecule has 0 unspecified atom stereocenters. The van der Waals surface area contributed by atoms with E-state index in [9.17, 15) is 14.9 Å². The maximum Gasteiger partial charge on any atom is 0.335 e. The Hall–Kier alpha value is -3.84. The van der Waals surface area contributed by atoms with Crippen molar-refractivity contribution in [1.29, 1.82) is 5.26 Å². The molecule has 8 heteroatoms. The number of nitrogens with zero attached hydrogens (tertiary/aromatic N) is 1. The van der Waals surface area contributed by atoms with E-state index in [1.807, 2.05) is 49.4 Å². The van der Waals surface area contributed by atoms with Crippen LogP contribution >= 0.6 is 22.6 Å². The minimum atomic E-state index is -0.984. The van der Waals surface area contributed by atoms with Gasteiger partial charge >= 0.3 is 5.97 Å². The fourth-order valence-corrected chi connectivity index (χ4v) is 4.30. The van der Waals surface area contributed by atoms with Crippen LogP contribution in [0.1, 0.15) is 40.4 Å². The number of aromatic carboxylic acids is 1. The summed E-state index contributed by atoms with van der Waals surface area (Å²) in [7, 11) is 0. The van der Waals surface area contributed by atoms with Crippen molar-refractivity contribution in [1.82, 2.24) is 5.32 Å². The van der Waals surface area contributed by atoms with Gasteiger partial charge in [-0.25, -0.2) is 4.79 Å². The van der Waals surface area contributed by atoms with Gasteiger partial charge in [0.05, 0.1) is 15.7 Å². The van der Waals surface area contributed by atoms with Gasteiger partial charge in [-0.1, -0.05) is 42.5 Å². The van der Waals surface area contributed by atoms with Crippen LogP contribution in [0.2, 0.25) is 0 Å². The highest BCUT2D eigenvalue weighted by molar-refractivity contribution is 14.1. The number of ether oxygens (including phenoxy) is 2. The number of amides is 1. The third-order valence-corrected chi connectivity index (χ3v) is 6.16. The zero-order valence-electron chi connectivity index (χ0n) is 20.4. The summed E-state index contributed by atoms with van der Waals surface area (Å²) in [5.74, 6) is -0.385. The summed E-state index contributed by atoms with van der Waals surface area (Å²) in [6.45, 7) is 2.95. The Morgan fingerprint density at radius 1 is 1.05 bits per heavy atom. The minimum Gasteiger partial charge on any atom is -0.490 e. The number of benzene rings is 3. The molecule has 0 aliphatic heterocycles. The van der Waals surface area contributed by atoms with Gasteiger partial charge in [-0.2, -0.15) is 5.26 Å². The van der Waals surface area contributed by atoms with Crippen LogP contribution in [0.15, 0.2) is 72.3 Å². The van der Waals surface area contributed by atoms with Crippen molar-refractivity contribution >= 4 is 40.5 Å². The number of carboxylic acid groups (broad SMARTS) is 1. The summed E-state index contributed by atoms with van der Waals surface area (Å²) in [5, 5.41) is 21.4. The van der Waals surface area contributed by atoms with Crippen molar-refractivity contribution in [3.05, 3.63) is 98.1 Å². The number of carbonyl (C=O) groups excluding carboxylic acids is 1. The van der Waals surface area contributed by atoms with E-state index in [0.717, 1.165) is 22.0 Å². The standard InChI is InChI=1S/C29H27IN2O5/c1-2-36-26-17-22(15-24(18-31)28(33)32-14-6-9-20-7-4-3-5-8-20)16-25(30)27(26)37-19-21-10-12-23(13-11-21)29(34)35/h3-5,7-8,10-13,15-17H,2,6,9,14,19H2,1H3,(H,32,33)(H,34,35)/b24-15-. The molecule has 0 spiro atoms. The Morgan fingerprint density at radius 3 is 2.43 bits per heavy atom. The van der Waals surface area contributed by atoms with Gasteiger partial charge in [-0.05, 0) is 89.4 Å². The molecule has 7 nitrogen and oxygen atoms in total. The number of halogens is 1. The Bertz CT molecular complexity index is 1300. The lowest BCUT2D eigenvalue weighted by atomic mass is 10.1. The van der Waals surface area contributed by atoms with Crippen molar-refractivity contribution in [3.63, 3.8) is 0 Å². The predicted octanol–water partition coefficient (Wildman–Crippen LogP) is 5.62. The number of carboxylic acids is 1. The van der Waals surface area contributed by atoms with Gasteiger partial charge in [0.1, 0.15) is 18.2 Å². The van der Waals surface area contributed by atoms with Crippen LogP contribution in [-0.2, 0) is 17.8 Å². The lowest BCUT2D eigenvalue weighted by Crippen LogP contribution is -2.25. The van der Waals surface area contributed by atoms with E-state index in [1.54, 1.807) is 18.2 Å². The molecule has 2 N–H and O–H groups in total. The smallest absolute Gasteiger partial charge is 0.335 e. The lowest BCUT2D eigenvalue weighted by Gasteiger charge is -2.15. The zero-order chi connectivity index (χ0) is 26.6. The molecular formula is C29H27IN2O5. The maximum absolute atomic E-state index is 12.6. The summed E-state index contributed by atoms with van der Waals surface area (Å²) in [6, 6.07) is 22.0. The van der Waals surface area contributed by atoms with Crippen LogP contribution in [0.5, 0.6) is 11.5 Å². The molecule has 190 valence electrons. The van der Waals surface area contributed by atoms with Crippen LogP contribution < -0.4 is 14.8 Å². The molecule has 0 aliphatic rings. The molecule has 0 aromatic heterocycles. The Morgan fingerprint density at radius 2 is 1.78 bits per heavy atom. The van der Waals surface area contributed by atoms with Gasteiger partial charge in [-0.15, -0.1) is 0 Å². The van der Waals surface area contributed by atoms with Crippen molar-refractivity contribution in [2.24, 2.45) is 0 Å². The van der Waals surface area contributed by atoms with Crippen LogP contribution in [0.4, 0.5) is 0 Å². The van der Waals surface area contributed by atoms with E-state index in [-0.39, 0.29) is 17.7 Å². The molecule has 3 aromatic carbocycles. The highest BCUT2D eigenvalue weighted by Gasteiger charge is 2.15. The predicted molar refractivity (Wildman–Crippen MR) is 149 cm³/mol. The molecule has 1 amide bonds. The van der Waals surface area contributed by atoms with Crippen molar-refractivity contribution < 1.29 is 24.2 Å². The van der Waals surface area contributed by atoms with Gasteiger partial charge in [0.15, 0.2) is 11.5 Å². The van der Waals surface area contributed by atoms with Gasteiger partial charge in [-0.3, -0.25) is 4.79 Å². The Balaban J connectivity index is 1.68. The number of nitriles is 1. The number of aryl methyl sites for hydroxylation is 1. The summed E-state index contributed by atoms with van der Waals surface area (Å²) < 4.78 is 12.5. The topological polar surface area (TPSA) is 109 Å². The number of hydrogen-bond acceptors (Lipinski definition) is 5. The molecule has 37 heavy (non-hydrogen) atoms. The number of carbonyl (C=O) groups is 2. The van der Waals surface area contributed by atoms with Gasteiger partial charge in [0, 0.05) is 6.54 Å². The highest BCUT2D eigenvalue weighted by atomic mass is 127. The highest BCUT2D eigenvalue weighted by Crippen LogP contribution is 2.35. The summed E-state index contributed by atoms with van der Waals surface area (Å²) >= 11 is 2.12. The largest absolute Gasteiger partial charge is 0.490 e. The fraction of sp³-hybridized carbons (Fsp3) is 0.207. The SMILES string of the molecule is CCOc1cc(/C=C(/C#N)C(=O)NCCCc2ccccc2)cc(I)c1OCc1ccc(C(=O)O)cc1. The second kappa shape index (κ2) is 14.0. The molecule has 0 heterocycles. The van der Waals surface area contributed by atoms with E-state index in [4.69, 9.17) is 14.6 Å². The van der Waals surface area contributed by atoms with Crippen LogP contribution in [0.25, 0.3) is 6.08 Å². The molecule has 3 aromatic rings. The van der Waals surface area contributed by atoms with E-state index in [1.165, 1.54) is 23.8 Å². The number of hydrogen-bond donors (Lipinski definition) is 2. The van der Waals surface area contributed by atoms with E-state index in [0.29, 0.717) is 30.2 Å². The van der Waals surface area contributed by atoms with Crippen molar-refractivity contribution in [2.75, 3.05) is 13.2 Å². The second-order valence-electron chi connectivity index (χ2n) is 8.07. The van der Waals surface area contributed by atoms with E-state index in [2.05, 4.69) is 27.9 Å². The normalized spacial score (nSPS) is 10.9. The van der Waals surface area contributed by atoms with E-state index < -0.39 is 11.9 Å². The average molecular weight is 610 g/mol. The summed E-state index contributed by atoms with van der Waals surface area (Å²) in [4.78, 5) is 23.6. The monoisotopic (exact) mass is 610 g/mol. The first-order valence-corrected chi connectivity index (χ1v) is 12.8. The molecule has 0 saturated carbocycles. The fourth-order valence-electron chi connectivity index (χ4n) is 3.52. The molecule has 3 rings (SSSR count). The molecular weight excluding hydrogens is 583 g/mol. The average Bonchev–Trinajstić information content (AvgIpc) is 2.90. The first-order chi connectivity index (χ1) is 17.9. The molecule has 0 aliphatic carbocycles. The molecule has 0 radical (unpaired) electrons. The van der Waals surface area contributed by atoms with Gasteiger partial charge < -0.3 is 19.9 Å². The van der Waals surface area contributed by atoms with Crippen LogP contribution in [-0.4, -0.2) is 30.1 Å². The Kier molecular flexibility index (Phi) is 10.5. The second-order valence-corrected chi connectivity index (χ2v) is 9.23. The van der Waals surface area contributed by atoms with E-state index >= 15 is 0 Å². The van der Waals surface area contributed by atoms with Gasteiger partial charge in [0.25, 0.3) is 5.91 Å². The van der Waals surface area contributed by atoms with Crippen LogP contribution in [0, 0.1) is 14.9 Å². The van der Waals surface area contributed by atoms with Gasteiger partial charge in [0.2, 0.25) is 0 Å². The zero-order valence-corrected chi connectivity index (χ0v) is 22.5. The summed E-state index contributed by atoms with van der Waals surface area (Å²) in [5.41, 5.74) is 2.86. The quantitative estimate of drug-likeness (QED) is 0.119. The number of nitrogens with one attached hydrogen (secondary N) is 1. The van der Waals surface area contributed by atoms with Crippen molar-refractivity contribution in [2.45, 2.75) is 26.4 Å². The lowest BCUT2D eigenvalue weighted by molar-refractivity contribution is -0.117. The number of rotatable bonds is 12. The third-order valence-electron chi connectivity index (χ3n) is 5.36.